The second-order valence-corrected chi connectivity index (χ2v) is 5.58. The van der Waals surface area contributed by atoms with Crippen LogP contribution in [-0.2, 0) is 9.53 Å². The van der Waals surface area contributed by atoms with Gasteiger partial charge in [0.1, 0.15) is 0 Å². The summed E-state index contributed by atoms with van der Waals surface area (Å²) in [6.45, 7) is 6.13. The predicted molar refractivity (Wildman–Crippen MR) is 84.7 cm³/mol. The zero-order chi connectivity index (χ0) is 14.8. The van der Waals surface area contributed by atoms with Gasteiger partial charge in [0.2, 0.25) is 0 Å². The van der Waals surface area contributed by atoms with Crippen molar-refractivity contribution in [3.05, 3.63) is 46.5 Å². The summed E-state index contributed by atoms with van der Waals surface area (Å²) >= 11 is 1.67. The van der Waals surface area contributed by atoms with E-state index in [0.29, 0.717) is 12.2 Å². The topological polar surface area (TPSA) is 26.3 Å². The number of thioether (sulfide) groups is 1. The number of carbonyl (C=O) groups excluding carboxylic acids is 1. The Morgan fingerprint density at radius 1 is 1.25 bits per heavy atom. The van der Waals surface area contributed by atoms with Gasteiger partial charge in [-0.25, -0.2) is 4.79 Å². The van der Waals surface area contributed by atoms with E-state index >= 15 is 0 Å². The van der Waals surface area contributed by atoms with Gasteiger partial charge < -0.3 is 4.74 Å². The number of hydrogen-bond acceptors (Lipinski definition) is 3. The van der Waals surface area contributed by atoms with Crippen molar-refractivity contribution < 1.29 is 9.53 Å². The van der Waals surface area contributed by atoms with Crippen LogP contribution in [0.2, 0.25) is 0 Å². The van der Waals surface area contributed by atoms with Gasteiger partial charge in [-0.3, -0.25) is 0 Å². The second-order valence-electron chi connectivity index (χ2n) is 4.41. The molecule has 0 radical (unpaired) electrons. The molecule has 1 rings (SSSR count). The smallest absolute Gasteiger partial charge is 0.341 e. The first-order valence-electron chi connectivity index (χ1n) is 7.03. The van der Waals surface area contributed by atoms with Crippen molar-refractivity contribution in [1.29, 1.82) is 0 Å². The van der Waals surface area contributed by atoms with Gasteiger partial charge >= 0.3 is 5.97 Å². The summed E-state index contributed by atoms with van der Waals surface area (Å²) < 4.78 is 5.00. The predicted octanol–water partition coefficient (Wildman–Crippen LogP) is 4.96. The molecule has 1 aromatic carbocycles. The summed E-state index contributed by atoms with van der Waals surface area (Å²) in [7, 11) is 0. The molecule has 0 aromatic heterocycles. The Morgan fingerprint density at radius 3 is 2.55 bits per heavy atom. The van der Waals surface area contributed by atoms with Crippen LogP contribution in [0.5, 0.6) is 0 Å². The van der Waals surface area contributed by atoms with Crippen LogP contribution in [0.3, 0.4) is 0 Å². The third-order valence-corrected chi connectivity index (χ3v) is 3.71. The standard InChI is InChI=1S/C17H22O2S/c1-4-6-10-16(13-14(3)17(18)19-5-2)20-15-11-8-7-9-12-15/h7-9,11-12H,4-6,10H2,1-3H3. The molecule has 0 N–H and O–H groups in total. The largest absolute Gasteiger partial charge is 0.462 e. The fourth-order valence-electron chi connectivity index (χ4n) is 1.61. The molecule has 2 nitrogen and oxygen atoms in total. The van der Waals surface area contributed by atoms with Gasteiger partial charge in [0.15, 0.2) is 0 Å². The average Bonchev–Trinajstić information content (AvgIpc) is 2.46. The van der Waals surface area contributed by atoms with Crippen molar-refractivity contribution >= 4 is 17.7 Å². The van der Waals surface area contributed by atoms with Crippen LogP contribution in [0.25, 0.3) is 0 Å². The Morgan fingerprint density at radius 2 is 1.95 bits per heavy atom. The van der Waals surface area contributed by atoms with Crippen molar-refractivity contribution in [3.8, 4) is 0 Å². The minimum atomic E-state index is -0.282. The number of esters is 1. The molecular formula is C17H22O2S. The van der Waals surface area contributed by atoms with Crippen molar-refractivity contribution in [2.24, 2.45) is 0 Å². The minimum absolute atomic E-state index is 0.282. The quantitative estimate of drug-likeness (QED) is 0.307. The Kier molecular flexibility index (Phi) is 7.86. The van der Waals surface area contributed by atoms with E-state index in [9.17, 15) is 4.79 Å². The molecule has 0 aliphatic carbocycles. The molecule has 108 valence electrons. The van der Waals surface area contributed by atoms with Crippen molar-refractivity contribution in [2.45, 2.75) is 44.9 Å². The maximum Gasteiger partial charge on any atom is 0.341 e. The fourth-order valence-corrected chi connectivity index (χ4v) is 2.63. The van der Waals surface area contributed by atoms with Gasteiger partial charge in [0.05, 0.1) is 12.2 Å². The van der Waals surface area contributed by atoms with Gasteiger partial charge in [0.25, 0.3) is 0 Å². The van der Waals surface area contributed by atoms with Crippen LogP contribution in [0.4, 0.5) is 0 Å². The molecule has 3 heteroatoms. The highest BCUT2D eigenvalue weighted by Gasteiger charge is 2.06. The summed E-state index contributed by atoms with van der Waals surface area (Å²) in [5, 5.41) is 0. The molecular weight excluding hydrogens is 268 g/mol. The molecule has 0 spiro atoms. The highest BCUT2D eigenvalue weighted by Crippen LogP contribution is 2.29. The Balaban J connectivity index is 2.93. The Labute approximate surface area is 125 Å². The number of ether oxygens (including phenoxy) is 1. The van der Waals surface area contributed by atoms with Crippen LogP contribution in [0.15, 0.2) is 51.4 Å². The van der Waals surface area contributed by atoms with E-state index < -0.39 is 0 Å². The van der Waals surface area contributed by atoms with E-state index in [2.05, 4.69) is 24.8 Å². The molecule has 0 heterocycles. The zero-order valence-electron chi connectivity index (χ0n) is 12.4. The maximum absolute atomic E-state index is 11.7. The van der Waals surface area contributed by atoms with E-state index in [1.807, 2.05) is 25.1 Å². The summed E-state index contributed by atoms with van der Waals surface area (Å²) in [6, 6.07) is 10.2. The van der Waals surface area contributed by atoms with Gasteiger partial charge in [-0.2, -0.15) is 0 Å². The molecule has 0 amide bonds. The Bertz CT molecular complexity index is 485. The maximum atomic E-state index is 11.7. The van der Waals surface area contributed by atoms with Crippen LogP contribution in [-0.4, -0.2) is 12.6 Å². The van der Waals surface area contributed by atoms with E-state index in [1.54, 1.807) is 18.7 Å². The van der Waals surface area contributed by atoms with Crippen LogP contribution >= 0.6 is 11.8 Å². The van der Waals surface area contributed by atoms with Gasteiger partial charge in [-0.15, -0.1) is 0 Å². The molecule has 0 aliphatic heterocycles. The van der Waals surface area contributed by atoms with Crippen molar-refractivity contribution in [1.82, 2.24) is 0 Å². The first-order chi connectivity index (χ1) is 9.67. The van der Waals surface area contributed by atoms with Crippen LogP contribution in [0, 0.1) is 0 Å². The van der Waals surface area contributed by atoms with E-state index in [-0.39, 0.29) is 5.97 Å². The molecule has 0 saturated heterocycles. The SMILES string of the molecule is CCCCC(=C=C(C)C(=O)OCC)Sc1ccccc1. The summed E-state index contributed by atoms with van der Waals surface area (Å²) in [5.74, 6) is -0.282. The zero-order valence-corrected chi connectivity index (χ0v) is 13.3. The third-order valence-electron chi connectivity index (χ3n) is 2.65. The summed E-state index contributed by atoms with van der Waals surface area (Å²) in [5.41, 5.74) is 3.75. The summed E-state index contributed by atoms with van der Waals surface area (Å²) in [4.78, 5) is 13.9. The van der Waals surface area contributed by atoms with Crippen LogP contribution < -0.4 is 0 Å². The first-order valence-corrected chi connectivity index (χ1v) is 7.85. The second kappa shape index (κ2) is 9.46. The number of hydrogen-bond donors (Lipinski definition) is 0. The van der Waals surface area contributed by atoms with E-state index in [1.165, 1.54) is 4.90 Å². The average molecular weight is 290 g/mol. The number of rotatable bonds is 7. The van der Waals surface area contributed by atoms with Crippen molar-refractivity contribution in [2.75, 3.05) is 6.61 Å². The lowest BCUT2D eigenvalue weighted by atomic mass is 10.2. The molecule has 20 heavy (non-hydrogen) atoms. The number of benzene rings is 1. The lowest BCUT2D eigenvalue weighted by Gasteiger charge is -2.05. The highest BCUT2D eigenvalue weighted by atomic mass is 32.2. The monoisotopic (exact) mass is 290 g/mol. The van der Waals surface area contributed by atoms with Gasteiger partial charge in [0, 0.05) is 9.80 Å². The molecule has 0 fully saturated rings. The number of carbonyl (C=O) groups is 1. The fraction of sp³-hybridized carbons (Fsp3) is 0.412. The molecule has 1 aromatic rings. The molecule has 0 atom stereocenters. The van der Waals surface area contributed by atoms with E-state index in [4.69, 9.17) is 4.74 Å². The molecule has 0 unspecified atom stereocenters. The lowest BCUT2D eigenvalue weighted by molar-refractivity contribution is -0.138. The van der Waals surface area contributed by atoms with Crippen molar-refractivity contribution in [3.63, 3.8) is 0 Å². The van der Waals surface area contributed by atoms with Gasteiger partial charge in [-0.1, -0.05) is 49.0 Å². The van der Waals surface area contributed by atoms with E-state index in [0.717, 1.165) is 24.2 Å². The molecule has 0 saturated carbocycles. The summed E-state index contributed by atoms with van der Waals surface area (Å²) in [6.07, 6.45) is 3.16. The highest BCUT2D eigenvalue weighted by molar-refractivity contribution is 8.03. The number of unbranched alkanes of at least 4 members (excludes halogenated alkanes) is 1. The minimum Gasteiger partial charge on any atom is -0.462 e. The Hall–Kier alpha value is -1.44. The third kappa shape index (κ3) is 6.14. The first kappa shape index (κ1) is 16.6. The molecule has 0 bridgehead atoms. The van der Waals surface area contributed by atoms with Gasteiger partial charge in [-0.05, 0) is 38.8 Å². The molecule has 0 aliphatic rings. The van der Waals surface area contributed by atoms with Crippen LogP contribution in [0.1, 0.15) is 40.0 Å². The lowest BCUT2D eigenvalue weighted by Crippen LogP contribution is -2.04. The normalized spacial score (nSPS) is 9.75.